The predicted molar refractivity (Wildman–Crippen MR) is 243 cm³/mol. The van der Waals surface area contributed by atoms with E-state index >= 15 is 0 Å². The van der Waals surface area contributed by atoms with E-state index in [0.29, 0.717) is 11.8 Å². The summed E-state index contributed by atoms with van der Waals surface area (Å²) in [5, 5.41) is 1.18. The summed E-state index contributed by atoms with van der Waals surface area (Å²) in [5.74, 6) is 1.63. The summed E-state index contributed by atoms with van der Waals surface area (Å²) in [6, 6.07) is 53.7. The van der Waals surface area contributed by atoms with Gasteiger partial charge in [-0.2, -0.15) is 0 Å². The molecular formula is C55H44N2S. The normalized spacial score (nSPS) is 19.7. The molecular weight excluding hydrogens is 721 g/mol. The maximum absolute atomic E-state index is 5.29. The van der Waals surface area contributed by atoms with Crippen LogP contribution in [0.1, 0.15) is 74.1 Å². The molecule has 2 heterocycles. The molecule has 4 aliphatic rings. The molecule has 3 heteroatoms. The van der Waals surface area contributed by atoms with Crippen LogP contribution in [0.3, 0.4) is 0 Å². The molecule has 1 spiro atoms. The molecule has 1 saturated carbocycles. The molecule has 12 rings (SSSR count). The second kappa shape index (κ2) is 12.8. The lowest BCUT2D eigenvalue weighted by atomic mass is 9.64. The highest BCUT2D eigenvalue weighted by atomic mass is 32.1. The standard InChI is InChI=1S/C55H44N2S/c1-54(2)44-25-9-7-22-40(44)42-32-47-43(33-46(42)54)49-39(24-15-26-45(49)55(47)28-11-4-12-29-55)37-20-13-18-35(30-37)36-19-14-21-38(31-36)50-52-51(41-23-8-10-27-48(41)58-52)57-53(56-50)34-16-5-3-6-17-34/h3,5-10,13-27,30-33,42,46H,4,11-12,28-29H2,1-2H3. The van der Waals surface area contributed by atoms with Crippen molar-refractivity contribution in [1.82, 2.24) is 9.97 Å². The van der Waals surface area contributed by atoms with Gasteiger partial charge in [-0.15, -0.1) is 11.3 Å². The second-order valence-electron chi connectivity index (χ2n) is 17.6. The summed E-state index contributed by atoms with van der Waals surface area (Å²) < 4.78 is 2.36. The molecule has 0 bridgehead atoms. The molecule has 8 aromatic rings. The summed E-state index contributed by atoms with van der Waals surface area (Å²) in [6.45, 7) is 4.94. The van der Waals surface area contributed by atoms with Crippen LogP contribution in [0.25, 0.3) is 70.8 Å². The van der Waals surface area contributed by atoms with Gasteiger partial charge in [0.25, 0.3) is 0 Å². The lowest BCUT2D eigenvalue weighted by molar-refractivity contribution is 0.345. The van der Waals surface area contributed by atoms with Gasteiger partial charge >= 0.3 is 0 Å². The Hall–Kier alpha value is -5.90. The van der Waals surface area contributed by atoms with Gasteiger partial charge in [-0.1, -0.05) is 173 Å². The molecule has 2 atom stereocenters. The molecule has 2 nitrogen and oxygen atoms in total. The van der Waals surface area contributed by atoms with Crippen molar-refractivity contribution in [2.24, 2.45) is 5.92 Å². The number of thiophene rings is 1. The van der Waals surface area contributed by atoms with E-state index < -0.39 is 0 Å². The van der Waals surface area contributed by atoms with Gasteiger partial charge in [0, 0.05) is 32.5 Å². The lowest BCUT2D eigenvalue weighted by Crippen LogP contribution is -2.31. The van der Waals surface area contributed by atoms with Gasteiger partial charge in [0.2, 0.25) is 0 Å². The maximum Gasteiger partial charge on any atom is 0.160 e. The molecule has 2 unspecified atom stereocenters. The third kappa shape index (κ3) is 4.96. The zero-order valence-electron chi connectivity index (χ0n) is 33.0. The molecule has 58 heavy (non-hydrogen) atoms. The Balaban J connectivity index is 0.992. The van der Waals surface area contributed by atoms with E-state index in [4.69, 9.17) is 9.97 Å². The van der Waals surface area contributed by atoms with Crippen LogP contribution in [0.2, 0.25) is 0 Å². The fraction of sp³-hybridized carbons (Fsp3) is 0.200. The lowest BCUT2D eigenvalue weighted by Gasteiger charge is -2.39. The van der Waals surface area contributed by atoms with Crippen molar-refractivity contribution in [3.63, 3.8) is 0 Å². The van der Waals surface area contributed by atoms with E-state index in [1.807, 2.05) is 6.07 Å². The van der Waals surface area contributed by atoms with E-state index in [9.17, 15) is 0 Å². The zero-order chi connectivity index (χ0) is 38.6. The van der Waals surface area contributed by atoms with Crippen LogP contribution in [0.15, 0.2) is 163 Å². The van der Waals surface area contributed by atoms with Crippen LogP contribution in [0.5, 0.6) is 0 Å². The quantitative estimate of drug-likeness (QED) is 0.178. The van der Waals surface area contributed by atoms with Crippen LogP contribution in [0.4, 0.5) is 0 Å². The highest BCUT2D eigenvalue weighted by molar-refractivity contribution is 7.26. The van der Waals surface area contributed by atoms with Gasteiger partial charge < -0.3 is 0 Å². The van der Waals surface area contributed by atoms with Gasteiger partial charge in [0.1, 0.15) is 0 Å². The Morgan fingerprint density at radius 3 is 2.10 bits per heavy atom. The number of benzene rings is 6. The SMILES string of the molecule is CC1(C)c2ccccc2C2C=C3C(=CC21)c1c(-c2cccc(-c4cccc(-c5nc(-c6ccccc6)nc6c5sc5ccccc56)c4)c2)cccc1C31CCCCC1. The first-order valence-electron chi connectivity index (χ1n) is 21.1. The molecule has 0 radical (unpaired) electrons. The Labute approximate surface area is 344 Å². The third-order valence-corrected chi connectivity index (χ3v) is 15.4. The maximum atomic E-state index is 5.29. The zero-order valence-corrected chi connectivity index (χ0v) is 33.8. The Bertz CT molecular complexity index is 3030. The molecule has 280 valence electrons. The van der Waals surface area contributed by atoms with Crippen molar-refractivity contribution >= 4 is 37.2 Å². The fourth-order valence-corrected chi connectivity index (χ4v) is 12.6. The van der Waals surface area contributed by atoms with Crippen molar-refractivity contribution in [2.45, 2.75) is 62.7 Å². The van der Waals surface area contributed by atoms with Crippen molar-refractivity contribution in [2.75, 3.05) is 0 Å². The van der Waals surface area contributed by atoms with E-state index in [1.165, 1.54) is 86.7 Å². The minimum Gasteiger partial charge on any atom is -0.226 e. The van der Waals surface area contributed by atoms with E-state index in [0.717, 1.165) is 32.9 Å². The summed E-state index contributed by atoms with van der Waals surface area (Å²) in [5.41, 5.74) is 18.6. The molecule has 2 aromatic heterocycles. The topological polar surface area (TPSA) is 25.8 Å². The Morgan fingerprint density at radius 2 is 1.26 bits per heavy atom. The number of rotatable bonds is 4. The molecule has 4 aliphatic carbocycles. The number of hydrogen-bond acceptors (Lipinski definition) is 3. The van der Waals surface area contributed by atoms with Crippen LogP contribution >= 0.6 is 11.3 Å². The number of hydrogen-bond donors (Lipinski definition) is 0. The van der Waals surface area contributed by atoms with E-state index in [2.05, 4.69) is 166 Å². The molecule has 0 N–H and O–H groups in total. The highest BCUT2D eigenvalue weighted by Gasteiger charge is 2.53. The molecule has 6 aromatic carbocycles. The van der Waals surface area contributed by atoms with Crippen LogP contribution in [-0.4, -0.2) is 9.97 Å². The van der Waals surface area contributed by atoms with Gasteiger partial charge in [0.15, 0.2) is 5.82 Å². The van der Waals surface area contributed by atoms with Gasteiger partial charge in [-0.3, -0.25) is 0 Å². The number of fused-ring (bicyclic) bond motifs is 11. The Morgan fingerprint density at radius 1 is 0.586 bits per heavy atom. The molecule has 0 aliphatic heterocycles. The first-order chi connectivity index (χ1) is 28.5. The number of aromatic nitrogens is 2. The van der Waals surface area contributed by atoms with Crippen molar-refractivity contribution in [3.05, 3.63) is 186 Å². The summed E-state index contributed by atoms with van der Waals surface area (Å²) in [7, 11) is 0. The number of allylic oxidation sites excluding steroid dienone is 4. The van der Waals surface area contributed by atoms with Crippen molar-refractivity contribution in [1.29, 1.82) is 0 Å². The van der Waals surface area contributed by atoms with E-state index in [1.54, 1.807) is 22.5 Å². The average Bonchev–Trinajstić information content (AvgIpc) is 3.86. The average molecular weight is 765 g/mol. The smallest absolute Gasteiger partial charge is 0.160 e. The predicted octanol–water partition coefficient (Wildman–Crippen LogP) is 14.7. The second-order valence-corrected chi connectivity index (χ2v) is 18.6. The minimum atomic E-state index is 0.0750. The highest BCUT2D eigenvalue weighted by Crippen LogP contribution is 2.64. The largest absolute Gasteiger partial charge is 0.226 e. The minimum absolute atomic E-state index is 0.0750. The van der Waals surface area contributed by atoms with Gasteiger partial charge in [-0.05, 0) is 98.0 Å². The summed E-state index contributed by atoms with van der Waals surface area (Å²) in [6.07, 6.45) is 11.9. The summed E-state index contributed by atoms with van der Waals surface area (Å²) in [4.78, 5) is 10.5. The van der Waals surface area contributed by atoms with Crippen LogP contribution in [0, 0.1) is 5.92 Å². The van der Waals surface area contributed by atoms with Crippen LogP contribution < -0.4 is 0 Å². The van der Waals surface area contributed by atoms with Crippen LogP contribution in [-0.2, 0) is 10.8 Å². The van der Waals surface area contributed by atoms with Gasteiger partial charge in [0.05, 0.1) is 15.9 Å². The first kappa shape index (κ1) is 34.2. The number of nitrogens with zero attached hydrogens (tertiary/aromatic N) is 2. The van der Waals surface area contributed by atoms with E-state index in [-0.39, 0.29) is 10.8 Å². The third-order valence-electron chi connectivity index (χ3n) is 14.2. The summed E-state index contributed by atoms with van der Waals surface area (Å²) >= 11 is 1.79. The van der Waals surface area contributed by atoms with Gasteiger partial charge in [-0.25, -0.2) is 9.97 Å². The van der Waals surface area contributed by atoms with Crippen molar-refractivity contribution < 1.29 is 0 Å². The molecule has 0 saturated heterocycles. The Kier molecular flexibility index (Phi) is 7.54. The molecule has 0 amide bonds. The molecule has 1 fully saturated rings. The monoisotopic (exact) mass is 764 g/mol. The fourth-order valence-electron chi connectivity index (χ4n) is 11.4. The first-order valence-corrected chi connectivity index (χ1v) is 21.9. The van der Waals surface area contributed by atoms with Crippen molar-refractivity contribution in [3.8, 4) is 44.9 Å².